The molecular formula is C49H28N4OS. The maximum absolute atomic E-state index is 7.06. The number of fused-ring (bicyclic) bond motifs is 12. The summed E-state index contributed by atoms with van der Waals surface area (Å²) in [5.74, 6) is 1.79. The largest absolute Gasteiger partial charge is 0.455 e. The molecule has 0 atom stereocenters. The Hall–Kier alpha value is -7.15. The van der Waals surface area contributed by atoms with Crippen molar-refractivity contribution in [2.24, 2.45) is 0 Å². The molecule has 12 rings (SSSR count). The van der Waals surface area contributed by atoms with Gasteiger partial charge in [-0.2, -0.15) is 9.97 Å². The van der Waals surface area contributed by atoms with Crippen LogP contribution in [0.25, 0.3) is 115 Å². The Morgan fingerprint density at radius 2 is 1.00 bits per heavy atom. The van der Waals surface area contributed by atoms with Crippen LogP contribution in [0.1, 0.15) is 0 Å². The molecule has 0 bridgehead atoms. The van der Waals surface area contributed by atoms with Gasteiger partial charge in [0.15, 0.2) is 11.6 Å². The van der Waals surface area contributed by atoms with Gasteiger partial charge in [0.2, 0.25) is 5.95 Å². The van der Waals surface area contributed by atoms with E-state index in [1.807, 2.05) is 72.0 Å². The molecule has 0 aliphatic rings. The van der Waals surface area contributed by atoms with Crippen LogP contribution in [0.2, 0.25) is 0 Å². The highest BCUT2D eigenvalue weighted by Crippen LogP contribution is 2.45. The molecule has 8 aromatic carbocycles. The maximum atomic E-state index is 7.06. The molecule has 0 aliphatic carbocycles. The van der Waals surface area contributed by atoms with Gasteiger partial charge in [0.05, 0.1) is 16.4 Å². The standard InChI is InChI=1S/C49H28N4OS/c1-3-13-29(14-4-1)47-50-48(30-15-5-2-6-16-30)52-49(51-47)53-40-21-11-9-20-37(40)44-41(53)26-25-36-39-28-38(32-17-7-8-19-35(32)45(39)54-46(36)44)31-23-24-34-33-18-10-12-22-42(33)55-43(34)27-31/h1-28H. The van der Waals surface area contributed by atoms with Crippen LogP contribution >= 0.6 is 11.3 Å². The number of hydrogen-bond acceptors (Lipinski definition) is 5. The van der Waals surface area contributed by atoms with Crippen LogP contribution in [-0.4, -0.2) is 19.5 Å². The van der Waals surface area contributed by atoms with Crippen LogP contribution < -0.4 is 0 Å². The molecule has 0 radical (unpaired) electrons. The third kappa shape index (κ3) is 4.55. The first-order valence-corrected chi connectivity index (χ1v) is 19.2. The zero-order valence-electron chi connectivity index (χ0n) is 29.3. The summed E-state index contributed by atoms with van der Waals surface area (Å²) in [7, 11) is 0. The predicted molar refractivity (Wildman–Crippen MR) is 228 cm³/mol. The van der Waals surface area contributed by atoms with E-state index in [2.05, 4.69) is 114 Å². The second kappa shape index (κ2) is 11.7. The minimum Gasteiger partial charge on any atom is -0.455 e. The maximum Gasteiger partial charge on any atom is 0.238 e. The van der Waals surface area contributed by atoms with E-state index < -0.39 is 0 Å². The van der Waals surface area contributed by atoms with Crippen LogP contribution in [0.15, 0.2) is 174 Å². The summed E-state index contributed by atoms with van der Waals surface area (Å²) in [5.41, 5.74) is 7.96. The van der Waals surface area contributed by atoms with Gasteiger partial charge in [-0.25, -0.2) is 4.98 Å². The van der Waals surface area contributed by atoms with E-state index in [-0.39, 0.29) is 0 Å². The van der Waals surface area contributed by atoms with Gasteiger partial charge >= 0.3 is 0 Å². The summed E-state index contributed by atoms with van der Waals surface area (Å²) in [6, 6.07) is 59.6. The summed E-state index contributed by atoms with van der Waals surface area (Å²) in [5, 5.41) is 9.14. The second-order valence-corrected chi connectivity index (χ2v) is 15.0. The van der Waals surface area contributed by atoms with Crippen LogP contribution in [-0.2, 0) is 0 Å². The average molecular weight is 721 g/mol. The lowest BCUT2D eigenvalue weighted by Gasteiger charge is -2.10. The average Bonchev–Trinajstić information content (AvgIpc) is 3.93. The van der Waals surface area contributed by atoms with Gasteiger partial charge in [-0.3, -0.25) is 4.57 Å². The van der Waals surface area contributed by atoms with Gasteiger partial charge in [0.1, 0.15) is 11.2 Å². The Bertz CT molecular complexity index is 3430. The first-order valence-electron chi connectivity index (χ1n) is 18.4. The normalized spacial score (nSPS) is 12.0. The van der Waals surface area contributed by atoms with Gasteiger partial charge in [-0.1, -0.05) is 133 Å². The molecule has 0 saturated heterocycles. The highest BCUT2D eigenvalue weighted by atomic mass is 32.1. The van der Waals surface area contributed by atoms with Gasteiger partial charge in [-0.05, 0) is 52.9 Å². The molecule has 55 heavy (non-hydrogen) atoms. The molecule has 0 aliphatic heterocycles. The zero-order valence-corrected chi connectivity index (χ0v) is 30.1. The molecule has 0 amide bonds. The first-order chi connectivity index (χ1) is 27.3. The fourth-order valence-corrected chi connectivity index (χ4v) is 9.50. The molecule has 0 N–H and O–H groups in total. The Balaban J connectivity index is 1.13. The Kier molecular flexibility index (Phi) is 6.44. The van der Waals surface area contributed by atoms with Crippen LogP contribution in [0, 0.1) is 0 Å². The van der Waals surface area contributed by atoms with E-state index in [0.29, 0.717) is 17.6 Å². The summed E-state index contributed by atoms with van der Waals surface area (Å²) in [6.07, 6.45) is 0. The number of benzene rings is 8. The monoisotopic (exact) mass is 720 g/mol. The number of furan rings is 1. The summed E-state index contributed by atoms with van der Waals surface area (Å²) >= 11 is 1.85. The number of aromatic nitrogens is 4. The molecule has 12 aromatic rings. The molecular weight excluding hydrogens is 693 g/mol. The fourth-order valence-electron chi connectivity index (χ4n) is 8.35. The van der Waals surface area contributed by atoms with Crippen molar-refractivity contribution in [2.75, 3.05) is 0 Å². The quantitative estimate of drug-likeness (QED) is 0.182. The lowest BCUT2D eigenvalue weighted by Crippen LogP contribution is -2.06. The van der Waals surface area contributed by atoms with Crippen LogP contribution in [0.4, 0.5) is 0 Å². The number of rotatable bonds is 4. The highest BCUT2D eigenvalue weighted by Gasteiger charge is 2.23. The van der Waals surface area contributed by atoms with Crippen molar-refractivity contribution in [3.8, 4) is 39.9 Å². The molecule has 256 valence electrons. The molecule has 0 saturated carbocycles. The van der Waals surface area contributed by atoms with E-state index in [9.17, 15) is 0 Å². The zero-order chi connectivity index (χ0) is 36.0. The topological polar surface area (TPSA) is 56.7 Å². The van der Waals surface area contributed by atoms with Gasteiger partial charge in [0, 0.05) is 52.8 Å². The smallest absolute Gasteiger partial charge is 0.238 e. The van der Waals surface area contributed by atoms with Crippen molar-refractivity contribution in [3.05, 3.63) is 170 Å². The molecule has 0 unspecified atom stereocenters. The van der Waals surface area contributed by atoms with Crippen molar-refractivity contribution < 1.29 is 4.42 Å². The molecule has 4 aromatic heterocycles. The van der Waals surface area contributed by atoms with Gasteiger partial charge in [0.25, 0.3) is 0 Å². The number of thiophene rings is 1. The van der Waals surface area contributed by atoms with Crippen molar-refractivity contribution in [1.82, 2.24) is 19.5 Å². The Morgan fingerprint density at radius 1 is 0.400 bits per heavy atom. The van der Waals surface area contributed by atoms with Crippen molar-refractivity contribution in [1.29, 1.82) is 0 Å². The molecule has 4 heterocycles. The second-order valence-electron chi connectivity index (χ2n) is 14.0. The van der Waals surface area contributed by atoms with Crippen LogP contribution in [0.3, 0.4) is 0 Å². The molecule has 0 fully saturated rings. The predicted octanol–water partition coefficient (Wildman–Crippen LogP) is 13.4. The molecule has 5 nitrogen and oxygen atoms in total. The Morgan fingerprint density at radius 3 is 1.76 bits per heavy atom. The minimum absolute atomic E-state index is 0.554. The summed E-state index contributed by atoms with van der Waals surface area (Å²) in [6.45, 7) is 0. The van der Waals surface area contributed by atoms with E-state index in [0.717, 1.165) is 60.3 Å². The SMILES string of the molecule is c1ccc(-c2nc(-c3ccccc3)nc(-n3c4ccccc4c4c5oc6c7ccccc7c(-c7ccc8c(c7)sc7ccccc78)cc6c5ccc43)n2)cc1. The highest BCUT2D eigenvalue weighted by molar-refractivity contribution is 7.25. The fraction of sp³-hybridized carbons (Fsp3) is 0. The lowest BCUT2D eigenvalue weighted by atomic mass is 9.94. The lowest BCUT2D eigenvalue weighted by molar-refractivity contribution is 0.676. The van der Waals surface area contributed by atoms with Crippen molar-refractivity contribution in [2.45, 2.75) is 0 Å². The van der Waals surface area contributed by atoms with E-state index in [1.54, 1.807) is 0 Å². The number of nitrogens with zero attached hydrogens (tertiary/aromatic N) is 4. The third-order valence-corrected chi connectivity index (χ3v) is 12.0. The number of hydrogen-bond donors (Lipinski definition) is 0. The van der Waals surface area contributed by atoms with Gasteiger partial charge in [-0.15, -0.1) is 11.3 Å². The van der Waals surface area contributed by atoms with E-state index >= 15 is 0 Å². The van der Waals surface area contributed by atoms with Gasteiger partial charge < -0.3 is 4.42 Å². The Labute approximate surface area is 318 Å². The summed E-state index contributed by atoms with van der Waals surface area (Å²) < 4.78 is 11.8. The van der Waals surface area contributed by atoms with E-state index in [1.165, 1.54) is 36.7 Å². The minimum atomic E-state index is 0.554. The molecule has 0 spiro atoms. The van der Waals surface area contributed by atoms with Crippen LogP contribution in [0.5, 0.6) is 0 Å². The van der Waals surface area contributed by atoms with E-state index in [4.69, 9.17) is 19.4 Å². The third-order valence-electron chi connectivity index (χ3n) is 10.9. The first kappa shape index (κ1) is 30.3. The summed E-state index contributed by atoms with van der Waals surface area (Å²) in [4.78, 5) is 15.2. The number of para-hydroxylation sites is 1. The van der Waals surface area contributed by atoms with Crippen molar-refractivity contribution >= 4 is 86.0 Å². The van der Waals surface area contributed by atoms with Crippen molar-refractivity contribution in [3.63, 3.8) is 0 Å². The molecule has 6 heteroatoms.